The van der Waals surface area contributed by atoms with E-state index >= 15 is 0 Å². The maximum absolute atomic E-state index is 12.0. The fourth-order valence-electron chi connectivity index (χ4n) is 1.22. The summed E-state index contributed by atoms with van der Waals surface area (Å²) in [4.78, 5) is 0. The first kappa shape index (κ1) is 17.9. The van der Waals surface area contributed by atoms with Crippen molar-refractivity contribution < 1.29 is 8.42 Å². The third kappa shape index (κ3) is 6.16. The van der Waals surface area contributed by atoms with Crippen LogP contribution >= 0.6 is 0 Å². The molecule has 0 spiro atoms. The fourth-order valence-corrected chi connectivity index (χ4v) is 2.42. The summed E-state index contributed by atoms with van der Waals surface area (Å²) in [7, 11) is -3.22. The molecule has 0 rings (SSSR count). The second-order valence-corrected chi connectivity index (χ2v) is 8.21. The maximum Gasteiger partial charge on any atom is 0.215 e. The Morgan fingerprint density at radius 3 is 2.17 bits per heavy atom. The van der Waals surface area contributed by atoms with Gasteiger partial charge in [0.25, 0.3) is 0 Å². The van der Waals surface area contributed by atoms with Gasteiger partial charge in [-0.05, 0) is 31.2 Å². The zero-order valence-corrected chi connectivity index (χ0v) is 13.5. The highest BCUT2D eigenvalue weighted by atomic mass is 32.2. The Morgan fingerprint density at radius 2 is 1.72 bits per heavy atom. The van der Waals surface area contributed by atoms with Gasteiger partial charge in [0.15, 0.2) is 0 Å². The largest absolute Gasteiger partial charge is 0.315 e. The molecule has 0 heterocycles. The summed E-state index contributed by atoms with van der Waals surface area (Å²) >= 11 is 0. The second kappa shape index (κ2) is 7.46. The first-order valence-electron chi connectivity index (χ1n) is 6.82. The van der Waals surface area contributed by atoms with Crippen LogP contribution in [-0.2, 0) is 10.0 Å². The Kier molecular flexibility index (Phi) is 7.40. The van der Waals surface area contributed by atoms with E-state index in [0.717, 1.165) is 13.0 Å². The molecule has 0 aliphatic heterocycles. The monoisotopic (exact) mass is 278 g/mol. The molecule has 0 radical (unpaired) electrons. The minimum absolute atomic E-state index is 0.0242. The molecule has 0 saturated carbocycles. The second-order valence-electron chi connectivity index (χ2n) is 6.02. The zero-order chi connectivity index (χ0) is 14.4. The lowest BCUT2D eigenvalue weighted by molar-refractivity contribution is 0.252. The van der Waals surface area contributed by atoms with E-state index in [0.29, 0.717) is 19.0 Å². The molecule has 0 amide bonds. The van der Waals surface area contributed by atoms with Crippen molar-refractivity contribution in [2.75, 3.05) is 19.6 Å². The highest BCUT2D eigenvalue weighted by Crippen LogP contribution is 2.25. The van der Waals surface area contributed by atoms with Gasteiger partial charge in [0.2, 0.25) is 10.0 Å². The van der Waals surface area contributed by atoms with E-state index in [1.807, 2.05) is 0 Å². The predicted molar refractivity (Wildman–Crippen MR) is 78.2 cm³/mol. The Labute approximate surface area is 113 Å². The van der Waals surface area contributed by atoms with Crippen LogP contribution in [0.5, 0.6) is 0 Å². The highest BCUT2D eigenvalue weighted by molar-refractivity contribution is 7.90. The van der Waals surface area contributed by atoms with E-state index in [1.165, 1.54) is 0 Å². The molecule has 2 N–H and O–H groups in total. The SMILES string of the molecule is CCCNCC(C)S(=O)(=O)NCC(C)(C)C(C)C. The summed E-state index contributed by atoms with van der Waals surface area (Å²) in [6, 6.07) is 0. The van der Waals surface area contributed by atoms with Gasteiger partial charge in [0, 0.05) is 13.1 Å². The van der Waals surface area contributed by atoms with Crippen molar-refractivity contribution in [2.24, 2.45) is 11.3 Å². The van der Waals surface area contributed by atoms with Crippen LogP contribution in [-0.4, -0.2) is 33.3 Å². The first-order chi connectivity index (χ1) is 8.13. The van der Waals surface area contributed by atoms with Crippen molar-refractivity contribution in [3.63, 3.8) is 0 Å². The Morgan fingerprint density at radius 1 is 1.17 bits per heavy atom. The molecular formula is C13H30N2O2S. The van der Waals surface area contributed by atoms with Gasteiger partial charge in [-0.1, -0.05) is 34.6 Å². The molecule has 1 unspecified atom stereocenters. The van der Waals surface area contributed by atoms with Crippen LogP contribution in [0.1, 0.15) is 48.0 Å². The maximum atomic E-state index is 12.0. The number of rotatable bonds is 9. The van der Waals surface area contributed by atoms with Gasteiger partial charge >= 0.3 is 0 Å². The molecule has 0 aromatic heterocycles. The molecule has 0 fully saturated rings. The van der Waals surface area contributed by atoms with E-state index in [1.54, 1.807) is 6.92 Å². The minimum atomic E-state index is -3.22. The number of hydrogen-bond donors (Lipinski definition) is 2. The number of sulfonamides is 1. The molecule has 4 nitrogen and oxygen atoms in total. The summed E-state index contributed by atoms with van der Waals surface area (Å²) in [6.07, 6.45) is 1.01. The lowest BCUT2D eigenvalue weighted by Crippen LogP contribution is -2.43. The van der Waals surface area contributed by atoms with Crippen molar-refractivity contribution in [3.05, 3.63) is 0 Å². The van der Waals surface area contributed by atoms with Gasteiger partial charge < -0.3 is 5.32 Å². The molecule has 110 valence electrons. The molecule has 0 aromatic carbocycles. The summed E-state index contributed by atoms with van der Waals surface area (Å²) in [5, 5.41) is 2.75. The molecule has 0 aliphatic rings. The average Bonchev–Trinajstić information content (AvgIpc) is 2.26. The lowest BCUT2D eigenvalue weighted by atomic mass is 9.81. The Hall–Kier alpha value is -0.130. The fraction of sp³-hybridized carbons (Fsp3) is 1.00. The first-order valence-corrected chi connectivity index (χ1v) is 8.37. The normalized spacial score (nSPS) is 15.1. The number of nitrogens with one attached hydrogen (secondary N) is 2. The van der Waals surface area contributed by atoms with Crippen LogP contribution in [0, 0.1) is 11.3 Å². The summed E-state index contributed by atoms with van der Waals surface area (Å²) in [5.41, 5.74) is -0.0242. The van der Waals surface area contributed by atoms with Gasteiger partial charge in [0.1, 0.15) is 0 Å². The zero-order valence-electron chi connectivity index (χ0n) is 12.7. The van der Waals surface area contributed by atoms with E-state index < -0.39 is 15.3 Å². The molecule has 0 aromatic rings. The smallest absolute Gasteiger partial charge is 0.215 e. The summed E-state index contributed by atoms with van der Waals surface area (Å²) in [6.45, 7) is 14.1. The minimum Gasteiger partial charge on any atom is -0.315 e. The predicted octanol–water partition coefficient (Wildman–Crippen LogP) is 1.98. The van der Waals surface area contributed by atoms with E-state index in [2.05, 4.69) is 44.7 Å². The molecule has 1 atom stereocenters. The lowest BCUT2D eigenvalue weighted by Gasteiger charge is -2.30. The molecule has 18 heavy (non-hydrogen) atoms. The Balaban J connectivity index is 4.31. The molecule has 5 heteroatoms. The van der Waals surface area contributed by atoms with Crippen LogP contribution in [0.2, 0.25) is 0 Å². The summed E-state index contributed by atoms with van der Waals surface area (Å²) in [5.74, 6) is 0.439. The molecular weight excluding hydrogens is 248 g/mol. The highest BCUT2D eigenvalue weighted by Gasteiger charge is 2.27. The summed E-state index contributed by atoms with van der Waals surface area (Å²) < 4.78 is 26.8. The molecule has 0 saturated heterocycles. The van der Waals surface area contributed by atoms with Crippen LogP contribution in [0.15, 0.2) is 0 Å². The molecule has 0 bridgehead atoms. The van der Waals surface area contributed by atoms with E-state index in [9.17, 15) is 8.42 Å². The third-order valence-corrected chi connectivity index (χ3v) is 5.45. The van der Waals surface area contributed by atoms with Crippen molar-refractivity contribution in [1.82, 2.24) is 10.0 Å². The van der Waals surface area contributed by atoms with Gasteiger partial charge in [-0.25, -0.2) is 13.1 Å². The van der Waals surface area contributed by atoms with Crippen LogP contribution in [0.3, 0.4) is 0 Å². The van der Waals surface area contributed by atoms with Gasteiger partial charge in [-0.15, -0.1) is 0 Å². The van der Waals surface area contributed by atoms with E-state index in [-0.39, 0.29) is 5.41 Å². The van der Waals surface area contributed by atoms with Crippen LogP contribution in [0.25, 0.3) is 0 Å². The third-order valence-electron chi connectivity index (χ3n) is 3.68. The molecule has 0 aliphatic carbocycles. The standard InChI is InChI=1S/C13H30N2O2S/c1-7-8-14-9-12(4)18(16,17)15-10-13(5,6)11(2)3/h11-12,14-15H,7-10H2,1-6H3. The average molecular weight is 278 g/mol. The van der Waals surface area contributed by atoms with Gasteiger partial charge in [-0.2, -0.15) is 0 Å². The van der Waals surface area contributed by atoms with E-state index in [4.69, 9.17) is 0 Å². The number of hydrogen-bond acceptors (Lipinski definition) is 3. The van der Waals surface area contributed by atoms with Gasteiger partial charge in [0.05, 0.1) is 5.25 Å². The quantitative estimate of drug-likeness (QED) is 0.634. The van der Waals surface area contributed by atoms with Crippen molar-refractivity contribution in [1.29, 1.82) is 0 Å². The van der Waals surface area contributed by atoms with Crippen molar-refractivity contribution >= 4 is 10.0 Å². The van der Waals surface area contributed by atoms with Crippen molar-refractivity contribution in [2.45, 2.75) is 53.2 Å². The van der Waals surface area contributed by atoms with Crippen LogP contribution < -0.4 is 10.0 Å². The van der Waals surface area contributed by atoms with Gasteiger partial charge in [-0.3, -0.25) is 0 Å². The van der Waals surface area contributed by atoms with Crippen molar-refractivity contribution in [3.8, 4) is 0 Å². The van der Waals surface area contributed by atoms with Crippen LogP contribution in [0.4, 0.5) is 0 Å². The Bertz CT molecular complexity index is 324. The topological polar surface area (TPSA) is 58.2 Å².